The minimum atomic E-state index is 0.130. The Kier molecular flexibility index (Phi) is 9.34. The number of nitrogens with zero attached hydrogens (tertiary/aromatic N) is 2. The van der Waals surface area contributed by atoms with Crippen molar-refractivity contribution in [2.45, 2.75) is 40.5 Å². The minimum absolute atomic E-state index is 0.130. The number of hydrogen-bond donors (Lipinski definition) is 4. The van der Waals surface area contributed by atoms with Crippen molar-refractivity contribution in [1.82, 2.24) is 9.97 Å². The van der Waals surface area contributed by atoms with Gasteiger partial charge in [-0.3, -0.25) is 5.21 Å². The second kappa shape index (κ2) is 12.6. The SMILES string of the molecule is Cc1ccc(OCCCNc2cc(NCCCOc3ccc(C)cc3C)nc(NO)n2)c(C)c1. The predicted molar refractivity (Wildman–Crippen MR) is 136 cm³/mol. The van der Waals surface area contributed by atoms with E-state index in [1.54, 1.807) is 0 Å². The number of rotatable bonds is 13. The first-order chi connectivity index (χ1) is 16.4. The van der Waals surface area contributed by atoms with Crippen LogP contribution in [0.1, 0.15) is 35.1 Å². The van der Waals surface area contributed by atoms with E-state index in [0.717, 1.165) is 35.5 Å². The van der Waals surface area contributed by atoms with Crippen molar-refractivity contribution >= 4 is 17.6 Å². The third kappa shape index (κ3) is 7.81. The number of aromatic nitrogens is 2. The molecule has 0 saturated carbocycles. The van der Waals surface area contributed by atoms with E-state index < -0.39 is 0 Å². The summed E-state index contributed by atoms with van der Waals surface area (Å²) in [5.41, 5.74) is 6.74. The fourth-order valence-electron chi connectivity index (χ4n) is 3.54. The highest BCUT2D eigenvalue weighted by Crippen LogP contribution is 2.20. The average Bonchev–Trinajstić information content (AvgIpc) is 2.81. The molecule has 1 aromatic heterocycles. The van der Waals surface area contributed by atoms with Crippen molar-refractivity contribution in [3.8, 4) is 11.5 Å². The van der Waals surface area contributed by atoms with Gasteiger partial charge in [-0.1, -0.05) is 35.4 Å². The Morgan fingerprint density at radius 3 is 1.59 bits per heavy atom. The number of hydrogen-bond acceptors (Lipinski definition) is 8. The Bertz CT molecular complexity index is 995. The van der Waals surface area contributed by atoms with Crippen LogP contribution in [-0.2, 0) is 0 Å². The molecule has 8 heteroatoms. The van der Waals surface area contributed by atoms with Crippen molar-refractivity contribution in [2.24, 2.45) is 0 Å². The van der Waals surface area contributed by atoms with Crippen molar-refractivity contribution in [2.75, 3.05) is 42.4 Å². The zero-order chi connectivity index (χ0) is 24.3. The first-order valence-electron chi connectivity index (χ1n) is 11.6. The maximum Gasteiger partial charge on any atom is 0.250 e. The van der Waals surface area contributed by atoms with E-state index in [0.29, 0.717) is 37.9 Å². The molecule has 0 aliphatic rings. The highest BCUT2D eigenvalue weighted by Gasteiger charge is 2.05. The highest BCUT2D eigenvalue weighted by atomic mass is 16.5. The Morgan fingerprint density at radius 2 is 1.18 bits per heavy atom. The largest absolute Gasteiger partial charge is 0.493 e. The van der Waals surface area contributed by atoms with E-state index in [9.17, 15) is 5.21 Å². The lowest BCUT2D eigenvalue weighted by Gasteiger charge is -2.13. The zero-order valence-electron chi connectivity index (χ0n) is 20.4. The molecule has 0 fully saturated rings. The lowest BCUT2D eigenvalue weighted by molar-refractivity contribution is 0.313. The molecular weight excluding hydrogens is 430 g/mol. The molecule has 0 aliphatic carbocycles. The van der Waals surface area contributed by atoms with Crippen LogP contribution in [0.15, 0.2) is 42.5 Å². The van der Waals surface area contributed by atoms with E-state index in [4.69, 9.17) is 9.47 Å². The maximum absolute atomic E-state index is 9.28. The van der Waals surface area contributed by atoms with Crippen LogP contribution in [0.5, 0.6) is 11.5 Å². The number of anilines is 3. The van der Waals surface area contributed by atoms with E-state index in [-0.39, 0.29) is 5.95 Å². The van der Waals surface area contributed by atoms with Crippen LogP contribution in [0, 0.1) is 27.7 Å². The van der Waals surface area contributed by atoms with Gasteiger partial charge in [0.2, 0.25) is 0 Å². The molecule has 3 aromatic rings. The summed E-state index contributed by atoms with van der Waals surface area (Å²) in [6, 6.07) is 14.2. The van der Waals surface area contributed by atoms with Crippen molar-refractivity contribution in [1.29, 1.82) is 0 Å². The third-order valence-electron chi connectivity index (χ3n) is 5.26. The van der Waals surface area contributed by atoms with Gasteiger partial charge < -0.3 is 20.1 Å². The highest BCUT2D eigenvalue weighted by molar-refractivity contribution is 5.51. The van der Waals surface area contributed by atoms with Gasteiger partial charge in [0, 0.05) is 19.2 Å². The van der Waals surface area contributed by atoms with E-state index >= 15 is 0 Å². The topological polar surface area (TPSA) is 101 Å². The molecule has 0 bridgehead atoms. The van der Waals surface area contributed by atoms with Gasteiger partial charge in [0.05, 0.1) is 13.2 Å². The third-order valence-corrected chi connectivity index (χ3v) is 5.26. The van der Waals surface area contributed by atoms with Crippen LogP contribution in [-0.4, -0.2) is 41.5 Å². The summed E-state index contributed by atoms with van der Waals surface area (Å²) in [4.78, 5) is 8.49. The molecule has 1 heterocycles. The Hall–Kier alpha value is -3.52. The molecule has 0 unspecified atom stereocenters. The molecule has 0 atom stereocenters. The molecule has 0 aliphatic heterocycles. The summed E-state index contributed by atoms with van der Waals surface area (Å²) < 4.78 is 11.7. The van der Waals surface area contributed by atoms with Gasteiger partial charge >= 0.3 is 0 Å². The summed E-state index contributed by atoms with van der Waals surface area (Å²) in [5, 5.41) is 15.8. The summed E-state index contributed by atoms with van der Waals surface area (Å²) in [6.07, 6.45) is 1.61. The summed E-state index contributed by atoms with van der Waals surface area (Å²) in [5.74, 6) is 3.18. The Labute approximate surface area is 201 Å². The van der Waals surface area contributed by atoms with Gasteiger partial charge in [-0.25, -0.2) is 5.48 Å². The standard InChI is InChI=1S/C26H35N5O3/c1-18-7-9-22(20(3)15-18)33-13-5-11-27-24-17-25(30-26(29-24)31-32)28-12-6-14-34-23-10-8-19(2)16-21(23)4/h7-10,15-17,32H,5-6,11-14H2,1-4H3,(H3,27,28,29,30,31). The smallest absolute Gasteiger partial charge is 0.250 e. The van der Waals surface area contributed by atoms with Crippen LogP contribution in [0.4, 0.5) is 17.6 Å². The normalized spacial score (nSPS) is 10.6. The second-order valence-electron chi connectivity index (χ2n) is 8.37. The number of benzene rings is 2. The van der Waals surface area contributed by atoms with Gasteiger partial charge in [0.15, 0.2) is 0 Å². The molecule has 0 saturated heterocycles. The van der Waals surface area contributed by atoms with Gasteiger partial charge in [-0.15, -0.1) is 0 Å². The average molecular weight is 466 g/mol. The molecule has 0 spiro atoms. The number of nitrogens with one attached hydrogen (secondary N) is 3. The lowest BCUT2D eigenvalue weighted by atomic mass is 10.1. The van der Waals surface area contributed by atoms with Crippen molar-refractivity contribution < 1.29 is 14.7 Å². The van der Waals surface area contributed by atoms with E-state index in [2.05, 4.69) is 72.6 Å². The van der Waals surface area contributed by atoms with Gasteiger partial charge in [0.25, 0.3) is 5.95 Å². The molecular formula is C26H35N5O3. The summed E-state index contributed by atoms with van der Waals surface area (Å²) in [6.45, 7) is 10.8. The fraction of sp³-hybridized carbons (Fsp3) is 0.385. The zero-order valence-corrected chi connectivity index (χ0v) is 20.4. The molecule has 182 valence electrons. The number of ether oxygens (including phenoxy) is 2. The molecule has 34 heavy (non-hydrogen) atoms. The summed E-state index contributed by atoms with van der Waals surface area (Å²) in [7, 11) is 0. The van der Waals surface area contributed by atoms with Gasteiger partial charge in [-0.05, 0) is 63.8 Å². The maximum atomic E-state index is 9.28. The lowest BCUT2D eigenvalue weighted by Crippen LogP contribution is -2.12. The molecule has 4 N–H and O–H groups in total. The molecule has 0 amide bonds. The molecule has 2 aromatic carbocycles. The van der Waals surface area contributed by atoms with Crippen molar-refractivity contribution in [3.63, 3.8) is 0 Å². The van der Waals surface area contributed by atoms with Gasteiger partial charge in [-0.2, -0.15) is 9.97 Å². The quantitative estimate of drug-likeness (QED) is 0.200. The Morgan fingerprint density at radius 1 is 0.706 bits per heavy atom. The minimum Gasteiger partial charge on any atom is -0.493 e. The first-order valence-corrected chi connectivity index (χ1v) is 11.6. The molecule has 3 rings (SSSR count). The van der Waals surface area contributed by atoms with Crippen LogP contribution in [0.25, 0.3) is 0 Å². The fourth-order valence-corrected chi connectivity index (χ4v) is 3.54. The van der Waals surface area contributed by atoms with Crippen LogP contribution >= 0.6 is 0 Å². The Balaban J connectivity index is 1.40. The molecule has 0 radical (unpaired) electrons. The van der Waals surface area contributed by atoms with Crippen LogP contribution < -0.4 is 25.6 Å². The van der Waals surface area contributed by atoms with Crippen molar-refractivity contribution in [3.05, 3.63) is 64.7 Å². The summed E-state index contributed by atoms with van der Waals surface area (Å²) >= 11 is 0. The van der Waals surface area contributed by atoms with Crippen LogP contribution in [0.2, 0.25) is 0 Å². The van der Waals surface area contributed by atoms with Crippen LogP contribution in [0.3, 0.4) is 0 Å². The second-order valence-corrected chi connectivity index (χ2v) is 8.37. The van der Waals surface area contributed by atoms with E-state index in [1.165, 1.54) is 11.1 Å². The van der Waals surface area contributed by atoms with E-state index in [1.807, 2.05) is 23.7 Å². The first kappa shape index (κ1) is 25.1. The van der Waals surface area contributed by atoms with Gasteiger partial charge in [0.1, 0.15) is 23.1 Å². The predicted octanol–water partition coefficient (Wildman–Crippen LogP) is 5.27. The number of aryl methyl sites for hydroxylation is 4. The monoisotopic (exact) mass is 465 g/mol. The molecule has 8 nitrogen and oxygen atoms in total.